The number of aromatic nitrogens is 2. The number of halogens is 1. The van der Waals surface area contributed by atoms with E-state index in [-0.39, 0.29) is 18.5 Å². The molecule has 2 unspecified atom stereocenters. The highest BCUT2D eigenvalue weighted by Gasteiger charge is 2.26. The van der Waals surface area contributed by atoms with Crippen molar-refractivity contribution in [2.75, 3.05) is 47.9 Å². The zero-order valence-electron chi connectivity index (χ0n) is 15.4. The van der Waals surface area contributed by atoms with Gasteiger partial charge in [-0.05, 0) is 49.4 Å². The van der Waals surface area contributed by atoms with Crippen molar-refractivity contribution in [2.45, 2.75) is 25.3 Å². The van der Waals surface area contributed by atoms with Crippen LogP contribution in [0.5, 0.6) is 0 Å². The largest absolute Gasteiger partial charge is 0.394 e. The predicted molar refractivity (Wildman–Crippen MR) is 105 cm³/mol. The number of nitrogens with zero attached hydrogens (tertiary/aromatic N) is 4. The molecule has 4 rings (SSSR count). The molecule has 0 spiro atoms. The summed E-state index contributed by atoms with van der Waals surface area (Å²) in [6.45, 7) is 3.87. The highest BCUT2D eigenvalue weighted by atomic mass is 19.1. The maximum absolute atomic E-state index is 13.1. The minimum atomic E-state index is -0.197. The van der Waals surface area contributed by atoms with Gasteiger partial charge in [0.25, 0.3) is 0 Å². The summed E-state index contributed by atoms with van der Waals surface area (Å²) >= 11 is 0. The topological polar surface area (TPSA) is 64.5 Å². The van der Waals surface area contributed by atoms with Crippen molar-refractivity contribution in [1.82, 2.24) is 9.97 Å². The summed E-state index contributed by atoms with van der Waals surface area (Å²) in [5.41, 5.74) is 1.08. The maximum atomic E-state index is 13.1. The van der Waals surface area contributed by atoms with Crippen molar-refractivity contribution in [3.8, 4) is 0 Å². The van der Waals surface area contributed by atoms with Crippen LogP contribution in [-0.4, -0.2) is 53.9 Å². The predicted octanol–water partition coefficient (Wildman–Crippen LogP) is 2.52. The first-order chi connectivity index (χ1) is 13.2. The molecule has 0 aliphatic carbocycles. The van der Waals surface area contributed by atoms with Crippen LogP contribution in [0.3, 0.4) is 0 Å². The second-order valence-corrected chi connectivity index (χ2v) is 7.39. The van der Waals surface area contributed by atoms with E-state index in [4.69, 9.17) is 0 Å². The van der Waals surface area contributed by atoms with Gasteiger partial charge >= 0.3 is 0 Å². The van der Waals surface area contributed by atoms with Crippen LogP contribution in [-0.2, 0) is 0 Å². The van der Waals surface area contributed by atoms with Gasteiger partial charge in [0.2, 0.25) is 0 Å². The molecule has 144 valence electrons. The molecule has 2 atom stereocenters. The van der Waals surface area contributed by atoms with E-state index in [0.29, 0.717) is 5.92 Å². The summed E-state index contributed by atoms with van der Waals surface area (Å²) in [5, 5.41) is 13.0. The van der Waals surface area contributed by atoms with Crippen molar-refractivity contribution < 1.29 is 9.50 Å². The number of aliphatic hydroxyl groups is 1. The Kier molecular flexibility index (Phi) is 5.38. The molecular weight excluding hydrogens is 345 g/mol. The molecule has 2 N–H and O–H groups in total. The number of hydrogen-bond donors (Lipinski definition) is 2. The first-order valence-electron chi connectivity index (χ1n) is 9.67. The molecule has 3 heterocycles. The Bertz CT molecular complexity index is 756. The Morgan fingerprint density at radius 2 is 2.00 bits per heavy atom. The molecule has 6 nitrogen and oxygen atoms in total. The Morgan fingerprint density at radius 3 is 2.81 bits per heavy atom. The van der Waals surface area contributed by atoms with Crippen molar-refractivity contribution in [1.29, 1.82) is 0 Å². The summed E-state index contributed by atoms with van der Waals surface area (Å²) in [5.74, 6) is 2.02. The van der Waals surface area contributed by atoms with Crippen LogP contribution in [0.2, 0.25) is 0 Å². The van der Waals surface area contributed by atoms with Crippen LogP contribution in [0.15, 0.2) is 36.7 Å². The molecular formula is C20H26FN5O. The van der Waals surface area contributed by atoms with Gasteiger partial charge in [0.05, 0.1) is 12.6 Å². The lowest BCUT2D eigenvalue weighted by molar-refractivity contribution is 0.266. The van der Waals surface area contributed by atoms with Gasteiger partial charge in [0.15, 0.2) is 0 Å². The average molecular weight is 371 g/mol. The van der Waals surface area contributed by atoms with Gasteiger partial charge in [-0.2, -0.15) is 0 Å². The minimum absolute atomic E-state index is 0.159. The van der Waals surface area contributed by atoms with Crippen LogP contribution >= 0.6 is 0 Å². The molecule has 0 saturated carbocycles. The van der Waals surface area contributed by atoms with E-state index in [1.165, 1.54) is 12.1 Å². The third-order valence-electron chi connectivity index (χ3n) is 5.58. The number of rotatable bonds is 6. The second-order valence-electron chi connectivity index (χ2n) is 7.39. The quantitative estimate of drug-likeness (QED) is 0.814. The van der Waals surface area contributed by atoms with E-state index >= 15 is 0 Å². The molecule has 1 aromatic carbocycles. The van der Waals surface area contributed by atoms with Crippen LogP contribution < -0.4 is 15.1 Å². The number of hydrogen-bond acceptors (Lipinski definition) is 6. The van der Waals surface area contributed by atoms with Crippen molar-refractivity contribution in [3.63, 3.8) is 0 Å². The summed E-state index contributed by atoms with van der Waals surface area (Å²) in [7, 11) is 0. The molecule has 7 heteroatoms. The van der Waals surface area contributed by atoms with Gasteiger partial charge in [-0.25, -0.2) is 14.4 Å². The zero-order valence-corrected chi connectivity index (χ0v) is 15.4. The first kappa shape index (κ1) is 18.0. The van der Waals surface area contributed by atoms with Gasteiger partial charge in [0, 0.05) is 37.9 Å². The highest BCUT2D eigenvalue weighted by Crippen LogP contribution is 2.26. The number of nitrogens with one attached hydrogen (secondary N) is 1. The molecule has 2 aromatic rings. The zero-order chi connectivity index (χ0) is 18.6. The fourth-order valence-electron chi connectivity index (χ4n) is 4.06. The lowest BCUT2D eigenvalue weighted by Gasteiger charge is -2.24. The highest BCUT2D eigenvalue weighted by molar-refractivity contribution is 5.50. The Balaban J connectivity index is 1.33. The lowest BCUT2D eigenvalue weighted by atomic mass is 10.1. The van der Waals surface area contributed by atoms with Crippen LogP contribution in [0.25, 0.3) is 0 Å². The van der Waals surface area contributed by atoms with E-state index in [0.717, 1.165) is 62.8 Å². The van der Waals surface area contributed by atoms with Gasteiger partial charge < -0.3 is 20.2 Å². The Morgan fingerprint density at radius 1 is 1.15 bits per heavy atom. The Hall–Kier alpha value is -2.41. The van der Waals surface area contributed by atoms with Crippen molar-refractivity contribution in [2.24, 2.45) is 5.92 Å². The van der Waals surface area contributed by atoms with E-state index in [1.54, 1.807) is 6.33 Å². The third-order valence-corrected chi connectivity index (χ3v) is 5.58. The van der Waals surface area contributed by atoms with Crippen molar-refractivity contribution in [3.05, 3.63) is 42.5 Å². The second kappa shape index (κ2) is 8.08. The van der Waals surface area contributed by atoms with E-state index in [9.17, 15) is 9.50 Å². The summed E-state index contributed by atoms with van der Waals surface area (Å²) in [4.78, 5) is 13.2. The number of aliphatic hydroxyl groups excluding tert-OH is 1. The molecule has 27 heavy (non-hydrogen) atoms. The fraction of sp³-hybridized carbons (Fsp3) is 0.500. The molecule has 0 amide bonds. The van der Waals surface area contributed by atoms with Gasteiger partial charge in [-0.1, -0.05) is 0 Å². The fourth-order valence-corrected chi connectivity index (χ4v) is 4.06. The molecule has 2 fully saturated rings. The van der Waals surface area contributed by atoms with Crippen LogP contribution in [0.1, 0.15) is 19.3 Å². The molecule has 0 radical (unpaired) electrons. The summed E-state index contributed by atoms with van der Waals surface area (Å²) in [6.07, 6.45) is 4.77. The standard InChI is InChI=1S/C20H26FN5O/c21-16-3-5-17(6-4-16)25-9-7-15(12-25)11-22-19-10-20(24-14-23-19)26-8-1-2-18(26)13-27/h3-6,10,14-15,18,27H,1-2,7-9,11-13H2,(H,22,23,24). The maximum Gasteiger partial charge on any atom is 0.134 e. The third kappa shape index (κ3) is 4.13. The van der Waals surface area contributed by atoms with E-state index in [2.05, 4.69) is 25.1 Å². The summed E-state index contributed by atoms with van der Waals surface area (Å²) < 4.78 is 13.1. The lowest BCUT2D eigenvalue weighted by Crippen LogP contribution is -2.32. The normalized spacial score (nSPS) is 22.4. The van der Waals surface area contributed by atoms with Gasteiger partial charge in [0.1, 0.15) is 23.8 Å². The minimum Gasteiger partial charge on any atom is -0.394 e. The average Bonchev–Trinajstić information content (AvgIpc) is 3.36. The molecule has 0 bridgehead atoms. The number of anilines is 3. The molecule has 2 saturated heterocycles. The monoisotopic (exact) mass is 371 g/mol. The van der Waals surface area contributed by atoms with Crippen molar-refractivity contribution >= 4 is 17.3 Å². The summed E-state index contributed by atoms with van der Waals surface area (Å²) in [6, 6.07) is 8.85. The molecule has 2 aliphatic rings. The van der Waals surface area contributed by atoms with Crippen LogP contribution in [0.4, 0.5) is 21.7 Å². The van der Waals surface area contributed by atoms with E-state index < -0.39 is 0 Å². The first-order valence-corrected chi connectivity index (χ1v) is 9.67. The SMILES string of the molecule is OCC1CCCN1c1cc(NCC2CCN(c3ccc(F)cc3)C2)ncn1. The molecule has 1 aromatic heterocycles. The molecule has 2 aliphatic heterocycles. The van der Waals surface area contributed by atoms with Gasteiger partial charge in [-0.15, -0.1) is 0 Å². The Labute approximate surface area is 159 Å². The van der Waals surface area contributed by atoms with E-state index in [1.807, 2.05) is 18.2 Å². The smallest absolute Gasteiger partial charge is 0.134 e. The van der Waals surface area contributed by atoms with Crippen LogP contribution in [0, 0.1) is 11.7 Å². The number of benzene rings is 1. The van der Waals surface area contributed by atoms with Gasteiger partial charge in [-0.3, -0.25) is 0 Å².